The number of anilines is 5. The first kappa shape index (κ1) is 29.1. The molecule has 0 aliphatic heterocycles. The molecule has 0 unspecified atom stereocenters. The number of fused-ring (bicyclic) bond motifs is 1. The fraction of sp³-hybridized carbons (Fsp3) is 0.100. The van der Waals surface area contributed by atoms with Gasteiger partial charge in [-0.05, 0) is 60.7 Å². The van der Waals surface area contributed by atoms with Crippen LogP contribution >= 0.6 is 0 Å². The Morgan fingerprint density at radius 1 is 0.814 bits per heavy atom. The van der Waals surface area contributed by atoms with Crippen LogP contribution in [0.25, 0.3) is 11.0 Å². The van der Waals surface area contributed by atoms with Gasteiger partial charge in [0.15, 0.2) is 23.1 Å². The van der Waals surface area contributed by atoms with Crippen molar-refractivity contribution in [3.05, 3.63) is 96.8 Å². The van der Waals surface area contributed by atoms with Gasteiger partial charge in [-0.2, -0.15) is 0 Å². The van der Waals surface area contributed by atoms with Crippen LogP contribution in [0, 0.1) is 5.82 Å². The first-order chi connectivity index (χ1) is 20.8. The van der Waals surface area contributed by atoms with E-state index in [9.17, 15) is 17.6 Å². The molecule has 5 aromatic rings. The fourth-order valence-corrected chi connectivity index (χ4v) is 5.24. The third-order valence-corrected chi connectivity index (χ3v) is 7.50. The van der Waals surface area contributed by atoms with Gasteiger partial charge < -0.3 is 25.4 Å². The molecule has 1 amide bonds. The van der Waals surface area contributed by atoms with Crippen LogP contribution in [-0.4, -0.2) is 45.1 Å². The third-order valence-electron chi connectivity index (χ3n) is 6.16. The molecular weight excluding hydrogens is 575 g/mol. The molecule has 1 aromatic heterocycles. The van der Waals surface area contributed by atoms with Gasteiger partial charge in [-0.15, -0.1) is 0 Å². The summed E-state index contributed by atoms with van der Waals surface area (Å²) in [6, 6.07) is 23.7. The van der Waals surface area contributed by atoms with Crippen molar-refractivity contribution < 1.29 is 27.1 Å². The number of nitrogens with zero attached hydrogens (tertiary/aromatic N) is 2. The first-order valence-electron chi connectivity index (χ1n) is 12.9. The predicted octanol–water partition coefficient (Wildman–Crippen LogP) is 5.38. The van der Waals surface area contributed by atoms with Crippen LogP contribution in [-0.2, 0) is 14.8 Å². The molecule has 13 heteroatoms. The van der Waals surface area contributed by atoms with E-state index >= 15 is 0 Å². The molecule has 11 nitrogen and oxygen atoms in total. The Kier molecular flexibility index (Phi) is 8.53. The molecule has 220 valence electrons. The van der Waals surface area contributed by atoms with Gasteiger partial charge in [0.2, 0.25) is 5.91 Å². The summed E-state index contributed by atoms with van der Waals surface area (Å²) in [5, 5.41) is 8.57. The van der Waals surface area contributed by atoms with Crippen LogP contribution in [0.4, 0.5) is 33.1 Å². The number of halogens is 1. The molecule has 0 saturated carbocycles. The Morgan fingerprint density at radius 2 is 1.51 bits per heavy atom. The smallest absolute Gasteiger partial charge is 0.263 e. The van der Waals surface area contributed by atoms with Gasteiger partial charge in [0.05, 0.1) is 42.4 Å². The Balaban J connectivity index is 1.40. The van der Waals surface area contributed by atoms with E-state index in [1.807, 2.05) is 0 Å². The van der Waals surface area contributed by atoms with E-state index in [0.717, 1.165) is 0 Å². The second kappa shape index (κ2) is 12.6. The zero-order chi connectivity index (χ0) is 30.4. The molecular formula is C30H27FN6O5S. The molecule has 0 aliphatic rings. The summed E-state index contributed by atoms with van der Waals surface area (Å²) < 4.78 is 53.9. The second-order valence-electron chi connectivity index (χ2n) is 9.12. The minimum atomic E-state index is -4.20. The van der Waals surface area contributed by atoms with Crippen molar-refractivity contribution >= 4 is 55.7 Å². The van der Waals surface area contributed by atoms with E-state index in [1.54, 1.807) is 54.6 Å². The summed E-state index contributed by atoms with van der Waals surface area (Å²) in [6.07, 6.45) is 0. The molecule has 0 aliphatic carbocycles. The SMILES string of the molecule is COc1cccc(Nc2nc3ccccc3nc2NS(=O)(=O)c2cccc(NC(=O)CNc3cccc(F)c3)c2)c1OC. The molecule has 0 atom stereocenters. The lowest BCUT2D eigenvalue weighted by molar-refractivity contribution is -0.114. The van der Waals surface area contributed by atoms with E-state index in [0.29, 0.717) is 33.9 Å². The number of rotatable bonds is 11. The summed E-state index contributed by atoms with van der Waals surface area (Å²) >= 11 is 0. The summed E-state index contributed by atoms with van der Waals surface area (Å²) in [4.78, 5) is 21.5. The lowest BCUT2D eigenvalue weighted by atomic mass is 10.2. The highest BCUT2D eigenvalue weighted by Crippen LogP contribution is 2.38. The van der Waals surface area contributed by atoms with E-state index in [1.165, 1.54) is 50.6 Å². The summed E-state index contributed by atoms with van der Waals surface area (Å²) in [6.45, 7) is -0.159. The van der Waals surface area contributed by atoms with E-state index in [-0.39, 0.29) is 28.8 Å². The van der Waals surface area contributed by atoms with Crippen LogP contribution in [0.1, 0.15) is 0 Å². The largest absolute Gasteiger partial charge is 0.493 e. The number of ether oxygens (including phenoxy) is 2. The molecule has 4 aromatic carbocycles. The summed E-state index contributed by atoms with van der Waals surface area (Å²) in [5.41, 5.74) is 2.16. The third kappa shape index (κ3) is 6.90. The zero-order valence-electron chi connectivity index (χ0n) is 23.1. The molecule has 5 rings (SSSR count). The minimum absolute atomic E-state index is 0.0581. The van der Waals surface area contributed by atoms with E-state index in [4.69, 9.17) is 9.47 Å². The van der Waals surface area contributed by atoms with Crippen molar-refractivity contribution in [3.8, 4) is 11.5 Å². The zero-order valence-corrected chi connectivity index (χ0v) is 23.9. The maximum atomic E-state index is 13.5. The van der Waals surface area contributed by atoms with Crippen molar-refractivity contribution in [2.24, 2.45) is 0 Å². The number of benzene rings is 4. The number of aromatic nitrogens is 2. The second-order valence-corrected chi connectivity index (χ2v) is 10.8. The van der Waals surface area contributed by atoms with Gasteiger partial charge >= 0.3 is 0 Å². The Bertz CT molecular complexity index is 1900. The molecule has 0 fully saturated rings. The van der Waals surface area contributed by atoms with Gasteiger partial charge in [0.25, 0.3) is 10.0 Å². The monoisotopic (exact) mass is 602 g/mol. The highest BCUT2D eigenvalue weighted by Gasteiger charge is 2.21. The number of nitrogens with one attached hydrogen (secondary N) is 4. The Hall–Kier alpha value is -5.43. The summed E-state index contributed by atoms with van der Waals surface area (Å²) in [7, 11) is -1.20. The van der Waals surface area contributed by atoms with Crippen molar-refractivity contribution in [2.45, 2.75) is 4.90 Å². The van der Waals surface area contributed by atoms with Crippen LogP contribution in [0.2, 0.25) is 0 Å². The van der Waals surface area contributed by atoms with Crippen molar-refractivity contribution in [2.75, 3.05) is 41.4 Å². The van der Waals surface area contributed by atoms with Gasteiger partial charge in [-0.3, -0.25) is 9.52 Å². The molecule has 0 bridgehead atoms. The van der Waals surface area contributed by atoms with Crippen LogP contribution < -0.4 is 30.1 Å². The minimum Gasteiger partial charge on any atom is -0.493 e. The highest BCUT2D eigenvalue weighted by atomic mass is 32.2. The molecule has 0 spiro atoms. The average Bonchev–Trinajstić information content (AvgIpc) is 3.00. The van der Waals surface area contributed by atoms with Crippen molar-refractivity contribution in [1.82, 2.24) is 9.97 Å². The fourth-order valence-electron chi connectivity index (χ4n) is 4.18. The van der Waals surface area contributed by atoms with Crippen molar-refractivity contribution in [1.29, 1.82) is 0 Å². The molecule has 0 saturated heterocycles. The topological polar surface area (TPSA) is 144 Å². The highest BCUT2D eigenvalue weighted by molar-refractivity contribution is 7.92. The first-order valence-corrected chi connectivity index (χ1v) is 14.4. The predicted molar refractivity (Wildman–Crippen MR) is 163 cm³/mol. The van der Waals surface area contributed by atoms with E-state index in [2.05, 4.69) is 30.6 Å². The number of carbonyl (C=O) groups excluding carboxylic acids is 1. The Labute approximate surface area is 247 Å². The van der Waals surface area contributed by atoms with Crippen LogP contribution in [0.3, 0.4) is 0 Å². The molecule has 0 radical (unpaired) electrons. The van der Waals surface area contributed by atoms with E-state index < -0.39 is 21.7 Å². The standard InChI is InChI=1S/C30H27FN6O5S/c1-41-26-15-7-14-25(28(26)42-2)36-29-30(35-24-13-4-3-12-23(24)34-29)37-43(39,40)22-11-6-10-21(17-22)33-27(38)18-32-20-9-5-8-19(31)16-20/h3-17,32H,18H2,1-2H3,(H,33,38)(H,34,36)(H,35,37). The lowest BCUT2D eigenvalue weighted by Crippen LogP contribution is -2.22. The maximum absolute atomic E-state index is 13.5. The van der Waals surface area contributed by atoms with Crippen LogP contribution in [0.5, 0.6) is 11.5 Å². The Morgan fingerprint density at radius 3 is 2.23 bits per heavy atom. The number of hydrogen-bond acceptors (Lipinski definition) is 9. The summed E-state index contributed by atoms with van der Waals surface area (Å²) in [5.74, 6) is 0.0373. The van der Waals surface area contributed by atoms with Gasteiger partial charge in [0, 0.05) is 11.4 Å². The maximum Gasteiger partial charge on any atom is 0.263 e. The van der Waals surface area contributed by atoms with Crippen LogP contribution in [0.15, 0.2) is 95.9 Å². The van der Waals surface area contributed by atoms with Gasteiger partial charge in [-0.1, -0.05) is 30.3 Å². The number of para-hydroxylation sites is 3. The quantitative estimate of drug-likeness (QED) is 0.157. The van der Waals surface area contributed by atoms with Crippen molar-refractivity contribution in [3.63, 3.8) is 0 Å². The number of methoxy groups -OCH3 is 2. The van der Waals surface area contributed by atoms with Gasteiger partial charge in [-0.25, -0.2) is 22.8 Å². The molecule has 43 heavy (non-hydrogen) atoms. The number of carbonyl (C=O) groups is 1. The molecule has 4 N–H and O–H groups in total. The molecule has 1 heterocycles. The number of amides is 1. The normalized spacial score (nSPS) is 11.0. The number of sulfonamides is 1. The van der Waals surface area contributed by atoms with Gasteiger partial charge in [0.1, 0.15) is 5.82 Å². The number of hydrogen-bond donors (Lipinski definition) is 4. The lowest BCUT2D eigenvalue weighted by Gasteiger charge is -2.17. The average molecular weight is 603 g/mol.